The van der Waals surface area contributed by atoms with E-state index in [1.807, 2.05) is 6.07 Å². The van der Waals surface area contributed by atoms with Gasteiger partial charge < -0.3 is 24.4 Å². The topological polar surface area (TPSA) is 97.4 Å². The summed E-state index contributed by atoms with van der Waals surface area (Å²) < 4.78 is 29.3. The molecule has 0 unspecified atom stereocenters. The van der Waals surface area contributed by atoms with Gasteiger partial charge in [0.15, 0.2) is 11.5 Å². The van der Waals surface area contributed by atoms with Crippen LogP contribution in [-0.4, -0.2) is 56.7 Å². The Hall–Kier alpha value is -4.60. The molecule has 0 aromatic heterocycles. The fourth-order valence-corrected chi connectivity index (χ4v) is 4.26. The number of nitrogens with zero attached hydrogens (tertiary/aromatic N) is 2. The lowest BCUT2D eigenvalue weighted by Crippen LogP contribution is -2.39. The van der Waals surface area contributed by atoms with E-state index in [0.717, 1.165) is 10.5 Å². The van der Waals surface area contributed by atoms with Crippen molar-refractivity contribution in [3.8, 4) is 17.2 Å². The van der Waals surface area contributed by atoms with Gasteiger partial charge in [0.25, 0.3) is 5.91 Å². The van der Waals surface area contributed by atoms with E-state index in [9.17, 15) is 18.8 Å². The molecule has 0 saturated carbocycles. The Balaban J connectivity index is 1.55. The summed E-state index contributed by atoms with van der Waals surface area (Å²) in [5.41, 5.74) is 1.61. The quantitative estimate of drug-likeness (QED) is 0.401. The molecule has 1 aliphatic heterocycles. The monoisotopic (exact) mass is 521 g/mol. The van der Waals surface area contributed by atoms with Gasteiger partial charge in [0.1, 0.15) is 17.6 Å². The van der Waals surface area contributed by atoms with Gasteiger partial charge in [0.2, 0.25) is 5.91 Å². The highest BCUT2D eigenvalue weighted by atomic mass is 19.1. The van der Waals surface area contributed by atoms with Crippen molar-refractivity contribution in [2.75, 3.05) is 38.1 Å². The van der Waals surface area contributed by atoms with Crippen molar-refractivity contribution in [1.82, 2.24) is 4.90 Å². The van der Waals surface area contributed by atoms with Crippen molar-refractivity contribution in [1.29, 1.82) is 0 Å². The maximum atomic E-state index is 13.5. The second-order valence-corrected chi connectivity index (χ2v) is 8.56. The number of anilines is 2. The number of amides is 4. The first-order valence-electron chi connectivity index (χ1n) is 11.9. The molecular formula is C28H28FN3O6. The summed E-state index contributed by atoms with van der Waals surface area (Å²) in [4.78, 5) is 42.1. The summed E-state index contributed by atoms with van der Waals surface area (Å²) >= 11 is 0. The highest BCUT2D eigenvalue weighted by Crippen LogP contribution is 2.30. The van der Waals surface area contributed by atoms with Crippen molar-refractivity contribution in [3.05, 3.63) is 78.1 Å². The normalized spacial score (nSPS) is 15.0. The fourth-order valence-electron chi connectivity index (χ4n) is 4.26. The molecule has 0 aliphatic carbocycles. The third-order valence-electron chi connectivity index (χ3n) is 6.25. The molecule has 1 heterocycles. The highest BCUT2D eigenvalue weighted by Gasteiger charge is 2.46. The van der Waals surface area contributed by atoms with E-state index in [0.29, 0.717) is 29.4 Å². The van der Waals surface area contributed by atoms with E-state index >= 15 is 0 Å². The Labute approximate surface area is 219 Å². The zero-order chi connectivity index (χ0) is 27.2. The van der Waals surface area contributed by atoms with Crippen LogP contribution in [0.1, 0.15) is 12.0 Å². The van der Waals surface area contributed by atoms with Crippen molar-refractivity contribution < 1.29 is 33.0 Å². The molecular weight excluding hydrogens is 493 g/mol. The van der Waals surface area contributed by atoms with Gasteiger partial charge in [-0.25, -0.2) is 14.1 Å². The molecule has 1 fully saturated rings. The van der Waals surface area contributed by atoms with E-state index < -0.39 is 29.7 Å². The van der Waals surface area contributed by atoms with Crippen LogP contribution < -0.4 is 24.4 Å². The Kier molecular flexibility index (Phi) is 8.10. The molecule has 0 radical (unpaired) electrons. The summed E-state index contributed by atoms with van der Waals surface area (Å²) in [6.07, 6.45) is 0.146. The number of nitrogens with one attached hydrogen (secondary N) is 1. The van der Waals surface area contributed by atoms with Crippen LogP contribution in [-0.2, 0) is 16.0 Å². The van der Waals surface area contributed by atoms with Gasteiger partial charge >= 0.3 is 6.03 Å². The Morgan fingerprint density at radius 3 is 2.21 bits per heavy atom. The first kappa shape index (κ1) is 26.5. The van der Waals surface area contributed by atoms with E-state index in [4.69, 9.17) is 14.2 Å². The molecule has 3 aromatic rings. The first-order valence-corrected chi connectivity index (χ1v) is 11.9. The van der Waals surface area contributed by atoms with Crippen LogP contribution in [0, 0.1) is 5.82 Å². The van der Waals surface area contributed by atoms with E-state index in [2.05, 4.69) is 5.32 Å². The van der Waals surface area contributed by atoms with Gasteiger partial charge in [0.05, 0.1) is 33.4 Å². The number of urea groups is 1. The maximum Gasteiger partial charge on any atom is 0.332 e. The van der Waals surface area contributed by atoms with E-state index in [1.165, 1.54) is 43.4 Å². The van der Waals surface area contributed by atoms with Crippen LogP contribution in [0.15, 0.2) is 66.7 Å². The molecule has 1 atom stereocenters. The number of carbonyl (C=O) groups is 3. The zero-order valence-corrected chi connectivity index (χ0v) is 21.3. The Bertz CT molecular complexity index is 1310. The summed E-state index contributed by atoms with van der Waals surface area (Å²) in [5, 5.41) is 2.76. The minimum Gasteiger partial charge on any atom is -0.497 e. The third-order valence-corrected chi connectivity index (χ3v) is 6.25. The van der Waals surface area contributed by atoms with E-state index in [-0.39, 0.29) is 18.7 Å². The second kappa shape index (κ2) is 11.6. The standard InChI is InChI=1S/C28H28FN3O6/c1-36-22-11-7-20(8-12-22)30-26(33)17-23-27(34)32(21-9-5-19(29)6-10-21)28(35)31(23)15-14-18-4-13-24(37-2)25(16-18)38-3/h4-13,16,23H,14-15,17H2,1-3H3,(H,30,33)/t23-/m0/s1. The van der Waals surface area contributed by atoms with Crippen LogP contribution in [0.2, 0.25) is 0 Å². The number of imide groups is 1. The lowest BCUT2D eigenvalue weighted by atomic mass is 10.1. The minimum absolute atomic E-state index is 0.165. The molecule has 3 aromatic carbocycles. The summed E-state index contributed by atoms with van der Waals surface area (Å²) in [5.74, 6) is 0.262. The predicted octanol–water partition coefficient (Wildman–Crippen LogP) is 4.26. The van der Waals surface area contributed by atoms with Crippen LogP contribution in [0.3, 0.4) is 0 Å². The highest BCUT2D eigenvalue weighted by molar-refractivity contribution is 6.22. The molecule has 4 rings (SSSR count). The SMILES string of the molecule is COc1ccc(NC(=O)C[C@H]2C(=O)N(c3ccc(F)cc3)C(=O)N2CCc2ccc(OC)c(OC)c2)cc1. The number of ether oxygens (including phenoxy) is 3. The maximum absolute atomic E-state index is 13.5. The van der Waals surface area contributed by atoms with Gasteiger partial charge in [-0.05, 0) is 72.6 Å². The minimum atomic E-state index is -1.04. The average Bonchev–Trinajstić information content (AvgIpc) is 3.16. The largest absolute Gasteiger partial charge is 0.497 e. The number of hydrogen-bond donors (Lipinski definition) is 1. The van der Waals surface area contributed by atoms with Crippen LogP contribution >= 0.6 is 0 Å². The zero-order valence-electron chi connectivity index (χ0n) is 21.3. The molecule has 10 heteroatoms. The molecule has 0 spiro atoms. The lowest BCUT2D eigenvalue weighted by Gasteiger charge is -2.22. The molecule has 9 nitrogen and oxygen atoms in total. The van der Waals surface area contributed by atoms with Gasteiger partial charge in [-0.3, -0.25) is 9.59 Å². The number of hydrogen-bond acceptors (Lipinski definition) is 6. The third kappa shape index (κ3) is 5.69. The average molecular weight is 522 g/mol. The number of carbonyl (C=O) groups excluding carboxylic acids is 3. The molecule has 1 aliphatic rings. The van der Waals surface area contributed by atoms with Crippen LogP contribution in [0.25, 0.3) is 0 Å². The molecule has 0 bridgehead atoms. The smallest absolute Gasteiger partial charge is 0.332 e. The molecule has 38 heavy (non-hydrogen) atoms. The fraction of sp³-hybridized carbons (Fsp3) is 0.250. The Morgan fingerprint density at radius 2 is 1.58 bits per heavy atom. The van der Waals surface area contributed by atoms with Gasteiger partial charge in [-0.2, -0.15) is 0 Å². The number of rotatable bonds is 10. The van der Waals surface area contributed by atoms with Crippen molar-refractivity contribution >= 4 is 29.2 Å². The van der Waals surface area contributed by atoms with Gasteiger partial charge in [-0.1, -0.05) is 6.07 Å². The Morgan fingerprint density at radius 1 is 0.895 bits per heavy atom. The summed E-state index contributed by atoms with van der Waals surface area (Å²) in [6, 6.07) is 15.6. The van der Waals surface area contributed by atoms with Crippen molar-refractivity contribution in [3.63, 3.8) is 0 Å². The van der Waals surface area contributed by atoms with Crippen LogP contribution in [0.4, 0.5) is 20.6 Å². The number of halogens is 1. The molecule has 1 N–H and O–H groups in total. The summed E-state index contributed by atoms with van der Waals surface area (Å²) in [6.45, 7) is 0.165. The summed E-state index contributed by atoms with van der Waals surface area (Å²) in [7, 11) is 4.61. The van der Waals surface area contributed by atoms with Crippen LogP contribution in [0.5, 0.6) is 17.2 Å². The lowest BCUT2D eigenvalue weighted by molar-refractivity contribution is -0.124. The number of benzene rings is 3. The molecule has 1 saturated heterocycles. The second-order valence-electron chi connectivity index (χ2n) is 8.56. The first-order chi connectivity index (χ1) is 18.3. The van der Waals surface area contributed by atoms with Gasteiger partial charge in [0, 0.05) is 12.2 Å². The predicted molar refractivity (Wildman–Crippen MR) is 139 cm³/mol. The van der Waals surface area contributed by atoms with E-state index in [1.54, 1.807) is 43.5 Å². The molecule has 4 amide bonds. The number of methoxy groups -OCH3 is 3. The van der Waals surface area contributed by atoms with Crippen molar-refractivity contribution in [2.24, 2.45) is 0 Å². The molecule has 198 valence electrons. The van der Waals surface area contributed by atoms with Gasteiger partial charge in [-0.15, -0.1) is 0 Å². The van der Waals surface area contributed by atoms with Crippen molar-refractivity contribution in [2.45, 2.75) is 18.9 Å².